The lowest BCUT2D eigenvalue weighted by molar-refractivity contribution is -0.147. The SMILES string of the molecule is C.CC(C)OCCO.CC(C)OCCOC(=O)C1CC1.O=C(Cl)C1CC1. The Morgan fingerprint density at radius 2 is 1.38 bits per heavy atom. The summed E-state index contributed by atoms with van der Waals surface area (Å²) in [5, 5.41) is 8.03. The van der Waals surface area contributed by atoms with Crippen molar-refractivity contribution in [3.8, 4) is 0 Å². The average Bonchev–Trinajstić information content (AvgIpc) is 3.41. The molecule has 0 aliphatic heterocycles. The van der Waals surface area contributed by atoms with Crippen molar-refractivity contribution >= 4 is 22.8 Å². The molecule has 2 aliphatic carbocycles. The van der Waals surface area contributed by atoms with E-state index in [1.54, 1.807) is 0 Å². The van der Waals surface area contributed by atoms with Crippen molar-refractivity contribution in [1.29, 1.82) is 0 Å². The summed E-state index contributed by atoms with van der Waals surface area (Å²) in [4.78, 5) is 20.9. The molecule has 0 aromatic rings. The van der Waals surface area contributed by atoms with Gasteiger partial charge in [0.2, 0.25) is 5.24 Å². The van der Waals surface area contributed by atoms with Gasteiger partial charge in [-0.25, -0.2) is 0 Å². The molecular formula is C19H37ClO6. The normalized spacial score (nSPS) is 15.2. The zero-order valence-corrected chi connectivity index (χ0v) is 16.6. The molecule has 26 heavy (non-hydrogen) atoms. The molecule has 0 unspecified atom stereocenters. The average molecular weight is 397 g/mol. The number of hydrogen-bond acceptors (Lipinski definition) is 6. The second-order valence-corrected chi connectivity index (χ2v) is 6.96. The number of hydrogen-bond donors (Lipinski definition) is 1. The third-order valence-corrected chi connectivity index (χ3v) is 3.44. The molecule has 0 heterocycles. The first-order valence-electron chi connectivity index (χ1n) is 8.97. The highest BCUT2D eigenvalue weighted by molar-refractivity contribution is 6.64. The van der Waals surface area contributed by atoms with E-state index < -0.39 is 0 Å². The number of carbonyl (C=O) groups is 2. The molecule has 6 nitrogen and oxygen atoms in total. The molecule has 1 N–H and O–H groups in total. The Morgan fingerprint density at radius 3 is 1.65 bits per heavy atom. The van der Waals surface area contributed by atoms with E-state index in [-0.39, 0.29) is 49.3 Å². The van der Waals surface area contributed by atoms with Gasteiger partial charge in [0.05, 0.1) is 37.9 Å². The van der Waals surface area contributed by atoms with Crippen LogP contribution in [0.4, 0.5) is 0 Å². The van der Waals surface area contributed by atoms with Crippen LogP contribution < -0.4 is 0 Å². The smallest absolute Gasteiger partial charge is 0.309 e. The second-order valence-electron chi connectivity index (χ2n) is 6.58. The minimum absolute atomic E-state index is 0. The number of carbonyl (C=O) groups excluding carboxylic acids is 2. The monoisotopic (exact) mass is 396 g/mol. The summed E-state index contributed by atoms with van der Waals surface area (Å²) < 4.78 is 15.1. The highest BCUT2D eigenvalue weighted by Gasteiger charge is 2.31. The number of halogens is 1. The number of esters is 1. The molecule has 7 heteroatoms. The Balaban J connectivity index is 0. The first-order chi connectivity index (χ1) is 11.8. The fraction of sp³-hybridized carbons (Fsp3) is 0.895. The van der Waals surface area contributed by atoms with Crippen LogP contribution in [0.5, 0.6) is 0 Å². The summed E-state index contributed by atoms with van der Waals surface area (Å²) in [6, 6.07) is 0. The standard InChI is InChI=1S/C9H16O3.C5H12O2.C4H5ClO.CH4/c1-7(2)11-5-6-12-9(10)8-3-4-8;1-5(2)7-4-3-6;5-4(6)3-1-2-3;/h7-8H,3-6H2,1-2H3;5-6H,3-4H2,1-2H3;3H,1-2H2;1H4. The summed E-state index contributed by atoms with van der Waals surface area (Å²) in [6.45, 7) is 9.29. The quantitative estimate of drug-likeness (QED) is 0.364. The van der Waals surface area contributed by atoms with Crippen LogP contribution in [0.1, 0.15) is 60.8 Å². The molecule has 0 amide bonds. The van der Waals surface area contributed by atoms with Crippen molar-refractivity contribution in [1.82, 2.24) is 0 Å². The largest absolute Gasteiger partial charge is 0.463 e. The fourth-order valence-corrected chi connectivity index (χ4v) is 1.68. The summed E-state index contributed by atoms with van der Waals surface area (Å²) in [6.07, 6.45) is 4.50. The summed E-state index contributed by atoms with van der Waals surface area (Å²) in [5.74, 6) is 0.373. The summed E-state index contributed by atoms with van der Waals surface area (Å²) in [7, 11) is 0. The lowest BCUT2D eigenvalue weighted by atomic mass is 10.4. The van der Waals surface area contributed by atoms with Crippen LogP contribution in [0.2, 0.25) is 0 Å². The number of aliphatic hydroxyl groups excluding tert-OH is 1. The minimum atomic E-state index is -0.157. The van der Waals surface area contributed by atoms with E-state index >= 15 is 0 Å². The van der Waals surface area contributed by atoms with E-state index in [0.717, 1.165) is 25.7 Å². The van der Waals surface area contributed by atoms with Crippen LogP contribution in [0.15, 0.2) is 0 Å². The number of aliphatic hydroxyl groups is 1. The van der Waals surface area contributed by atoms with Crippen molar-refractivity contribution in [2.75, 3.05) is 26.4 Å². The highest BCUT2D eigenvalue weighted by atomic mass is 35.5. The van der Waals surface area contributed by atoms with Gasteiger partial charge in [-0.2, -0.15) is 0 Å². The van der Waals surface area contributed by atoms with Crippen LogP contribution >= 0.6 is 11.6 Å². The van der Waals surface area contributed by atoms with Crippen LogP contribution in [0, 0.1) is 11.8 Å². The van der Waals surface area contributed by atoms with Gasteiger partial charge in [0.25, 0.3) is 0 Å². The molecule has 0 aromatic heterocycles. The molecule has 0 bridgehead atoms. The van der Waals surface area contributed by atoms with Crippen molar-refractivity contribution in [2.24, 2.45) is 11.8 Å². The lowest BCUT2D eigenvalue weighted by Crippen LogP contribution is -2.14. The molecule has 156 valence electrons. The van der Waals surface area contributed by atoms with Gasteiger partial charge in [-0.05, 0) is 65.0 Å². The third kappa shape index (κ3) is 19.6. The fourth-order valence-electron chi connectivity index (χ4n) is 1.46. The van der Waals surface area contributed by atoms with Gasteiger partial charge >= 0.3 is 5.97 Å². The minimum Gasteiger partial charge on any atom is -0.463 e. The van der Waals surface area contributed by atoms with Crippen molar-refractivity contribution in [2.45, 2.75) is 73.0 Å². The third-order valence-electron chi connectivity index (χ3n) is 3.13. The van der Waals surface area contributed by atoms with Gasteiger partial charge in [0, 0.05) is 5.92 Å². The van der Waals surface area contributed by atoms with Gasteiger partial charge in [-0.1, -0.05) is 7.43 Å². The molecule has 0 atom stereocenters. The topological polar surface area (TPSA) is 82.1 Å². The molecule has 0 saturated heterocycles. The second kappa shape index (κ2) is 16.5. The molecule has 2 aliphatic rings. The molecule has 0 aromatic carbocycles. The van der Waals surface area contributed by atoms with Crippen LogP contribution in [0.25, 0.3) is 0 Å². The maximum atomic E-state index is 11.0. The van der Waals surface area contributed by atoms with Crippen LogP contribution in [0.3, 0.4) is 0 Å². The molecule has 2 fully saturated rings. The summed E-state index contributed by atoms with van der Waals surface area (Å²) >= 11 is 5.04. The lowest BCUT2D eigenvalue weighted by Gasteiger charge is -2.07. The highest BCUT2D eigenvalue weighted by Crippen LogP contribution is 2.30. The Kier molecular flexibility index (Phi) is 17.4. The van der Waals surface area contributed by atoms with E-state index in [9.17, 15) is 9.59 Å². The van der Waals surface area contributed by atoms with E-state index in [1.165, 1.54) is 0 Å². The van der Waals surface area contributed by atoms with Gasteiger partial charge in [0.1, 0.15) is 6.61 Å². The predicted octanol–water partition coefficient (Wildman–Crippen LogP) is 3.57. The van der Waals surface area contributed by atoms with E-state index in [1.807, 2.05) is 27.7 Å². The van der Waals surface area contributed by atoms with Gasteiger partial charge in [-0.3, -0.25) is 9.59 Å². The maximum absolute atomic E-state index is 11.0. The van der Waals surface area contributed by atoms with Crippen molar-refractivity contribution in [3.05, 3.63) is 0 Å². The van der Waals surface area contributed by atoms with Gasteiger partial charge in [0.15, 0.2) is 0 Å². The molecule has 2 saturated carbocycles. The van der Waals surface area contributed by atoms with Crippen LogP contribution in [-0.2, 0) is 23.8 Å². The molecule has 0 spiro atoms. The summed E-state index contributed by atoms with van der Waals surface area (Å²) in [5.41, 5.74) is 0. The molecule has 2 rings (SSSR count). The Labute approximate surface area is 163 Å². The Bertz CT molecular complexity index is 365. The van der Waals surface area contributed by atoms with Crippen molar-refractivity contribution < 1.29 is 28.9 Å². The number of ether oxygens (including phenoxy) is 3. The first kappa shape index (κ1) is 27.5. The van der Waals surface area contributed by atoms with Crippen LogP contribution in [-0.4, -0.2) is 55.0 Å². The molecule has 0 radical (unpaired) electrons. The van der Waals surface area contributed by atoms with Gasteiger partial charge < -0.3 is 19.3 Å². The zero-order valence-electron chi connectivity index (χ0n) is 15.8. The van der Waals surface area contributed by atoms with E-state index in [0.29, 0.717) is 19.8 Å². The maximum Gasteiger partial charge on any atom is 0.309 e. The Morgan fingerprint density at radius 1 is 0.923 bits per heavy atom. The predicted molar refractivity (Wildman–Crippen MR) is 103 cm³/mol. The molecular weight excluding hydrogens is 360 g/mol. The number of rotatable bonds is 9. The Hall–Kier alpha value is -0.690. The van der Waals surface area contributed by atoms with E-state index in [4.69, 9.17) is 30.9 Å². The first-order valence-corrected chi connectivity index (χ1v) is 9.35. The van der Waals surface area contributed by atoms with Crippen molar-refractivity contribution in [3.63, 3.8) is 0 Å². The van der Waals surface area contributed by atoms with E-state index in [2.05, 4.69) is 0 Å². The zero-order chi connectivity index (χ0) is 19.2. The van der Waals surface area contributed by atoms with Gasteiger partial charge in [-0.15, -0.1) is 0 Å².